The molecule has 5 rings (SSSR count). The van der Waals surface area contributed by atoms with E-state index in [0.717, 1.165) is 0 Å². The van der Waals surface area contributed by atoms with Crippen molar-refractivity contribution in [2.24, 2.45) is 10.8 Å². The second-order valence-electron chi connectivity index (χ2n) is 6.76. The average Bonchev–Trinajstić information content (AvgIpc) is 3.21. The molecular weight excluding hydrogens is 344 g/mol. The van der Waals surface area contributed by atoms with Gasteiger partial charge in [-0.3, -0.25) is 5.41 Å². The van der Waals surface area contributed by atoms with Gasteiger partial charge in [0, 0.05) is 6.92 Å². The summed E-state index contributed by atoms with van der Waals surface area (Å²) >= 11 is 0. The molecule has 2 aromatic rings. The third-order valence-electron chi connectivity index (χ3n) is 5.45. The number of furan rings is 1. The lowest BCUT2D eigenvalue weighted by molar-refractivity contribution is -0.326. The van der Waals surface area contributed by atoms with E-state index in [9.17, 15) is 15.8 Å². The summed E-state index contributed by atoms with van der Waals surface area (Å²) in [7, 11) is 0. The molecule has 132 valence electrons. The number of ether oxygens (including phenoxy) is 2. The number of nitrogens with zero attached hydrogens (tertiary/aromatic N) is 3. The molecule has 0 unspecified atom stereocenters. The van der Waals surface area contributed by atoms with Crippen molar-refractivity contribution in [2.75, 3.05) is 0 Å². The quantitative estimate of drug-likeness (QED) is 0.876. The summed E-state index contributed by atoms with van der Waals surface area (Å²) in [6.45, 7) is 1.58. The van der Waals surface area contributed by atoms with Crippen LogP contribution in [0.4, 0.5) is 0 Å². The number of hydrogen-bond donors (Lipinski definition) is 1. The van der Waals surface area contributed by atoms with Crippen LogP contribution in [0.5, 0.6) is 0 Å². The van der Waals surface area contributed by atoms with Crippen molar-refractivity contribution in [2.45, 2.75) is 24.7 Å². The van der Waals surface area contributed by atoms with Gasteiger partial charge in [0.25, 0.3) is 0 Å². The van der Waals surface area contributed by atoms with Gasteiger partial charge in [-0.25, -0.2) is 0 Å². The number of hydrogen-bond acceptors (Lipinski definition) is 7. The lowest BCUT2D eigenvalue weighted by atomic mass is 9.50. The van der Waals surface area contributed by atoms with E-state index in [0.29, 0.717) is 5.56 Å². The van der Waals surface area contributed by atoms with Crippen molar-refractivity contribution in [1.82, 2.24) is 0 Å². The summed E-state index contributed by atoms with van der Waals surface area (Å²) in [4.78, 5) is 0. The first kappa shape index (κ1) is 16.8. The summed E-state index contributed by atoms with van der Waals surface area (Å²) in [5.41, 5.74) is -3.27. The molecular formula is C20H14N4O3. The first-order valence-electron chi connectivity index (χ1n) is 8.27. The monoisotopic (exact) mass is 358 g/mol. The van der Waals surface area contributed by atoms with Gasteiger partial charge in [-0.15, -0.1) is 0 Å². The van der Waals surface area contributed by atoms with Gasteiger partial charge in [-0.1, -0.05) is 30.3 Å². The fourth-order valence-electron chi connectivity index (χ4n) is 4.32. The van der Waals surface area contributed by atoms with E-state index in [1.54, 1.807) is 43.3 Å². The Bertz CT molecular complexity index is 1010. The van der Waals surface area contributed by atoms with Crippen LogP contribution in [0, 0.1) is 50.2 Å². The van der Waals surface area contributed by atoms with Crippen LogP contribution in [-0.4, -0.2) is 11.7 Å². The molecule has 0 radical (unpaired) electrons. The third kappa shape index (κ3) is 1.83. The zero-order valence-electron chi connectivity index (χ0n) is 14.3. The molecule has 3 aliphatic rings. The lowest BCUT2D eigenvalue weighted by Gasteiger charge is -2.60. The molecule has 7 heteroatoms. The van der Waals surface area contributed by atoms with Crippen molar-refractivity contribution in [3.8, 4) is 18.2 Å². The Hall–Kier alpha value is -3.60. The first-order valence-corrected chi connectivity index (χ1v) is 8.27. The first-order chi connectivity index (χ1) is 13.0. The highest BCUT2D eigenvalue weighted by molar-refractivity contribution is 5.89. The van der Waals surface area contributed by atoms with E-state index in [1.807, 2.05) is 12.1 Å². The van der Waals surface area contributed by atoms with Crippen LogP contribution in [0.15, 0.2) is 53.1 Å². The lowest BCUT2D eigenvalue weighted by Crippen LogP contribution is -2.70. The third-order valence-corrected chi connectivity index (χ3v) is 5.45. The van der Waals surface area contributed by atoms with Crippen molar-refractivity contribution < 1.29 is 13.9 Å². The second kappa shape index (κ2) is 5.45. The Balaban J connectivity index is 2.06. The van der Waals surface area contributed by atoms with E-state index >= 15 is 0 Å². The molecule has 0 saturated carbocycles. The van der Waals surface area contributed by atoms with Crippen LogP contribution < -0.4 is 0 Å². The fraction of sp³-hybridized carbons (Fsp3) is 0.300. The minimum absolute atomic E-state index is 0.261. The van der Waals surface area contributed by atoms with Gasteiger partial charge in [0.1, 0.15) is 11.9 Å². The van der Waals surface area contributed by atoms with Crippen molar-refractivity contribution >= 4 is 5.90 Å². The largest absolute Gasteiger partial charge is 0.467 e. The molecule has 0 amide bonds. The number of nitriles is 3. The molecule has 0 aliphatic carbocycles. The predicted molar refractivity (Wildman–Crippen MR) is 90.6 cm³/mol. The van der Waals surface area contributed by atoms with Gasteiger partial charge in [0.15, 0.2) is 10.8 Å². The number of nitrogens with one attached hydrogen (secondary N) is 1. The van der Waals surface area contributed by atoms with E-state index in [1.165, 1.54) is 6.26 Å². The number of benzene rings is 1. The summed E-state index contributed by atoms with van der Waals surface area (Å²) < 4.78 is 17.3. The van der Waals surface area contributed by atoms with Crippen LogP contribution >= 0.6 is 0 Å². The number of fused-ring (bicyclic) bond motifs is 3. The zero-order valence-corrected chi connectivity index (χ0v) is 14.3. The molecule has 4 atom stereocenters. The topological polar surface area (TPSA) is 127 Å². The normalized spacial score (nSPS) is 33.3. The Kier molecular flexibility index (Phi) is 3.40. The smallest absolute Gasteiger partial charge is 0.219 e. The van der Waals surface area contributed by atoms with Crippen LogP contribution in [-0.2, 0) is 9.47 Å². The Morgan fingerprint density at radius 3 is 2.26 bits per heavy atom. The average molecular weight is 358 g/mol. The van der Waals surface area contributed by atoms with Crippen molar-refractivity contribution in [1.29, 1.82) is 21.2 Å². The maximum Gasteiger partial charge on any atom is 0.219 e. The second-order valence-corrected chi connectivity index (χ2v) is 6.76. The van der Waals surface area contributed by atoms with Crippen LogP contribution in [0.2, 0.25) is 0 Å². The van der Waals surface area contributed by atoms with Crippen molar-refractivity contribution in [3.63, 3.8) is 0 Å². The van der Waals surface area contributed by atoms with Gasteiger partial charge in [-0.2, -0.15) is 15.8 Å². The molecule has 3 aliphatic heterocycles. The molecule has 4 heterocycles. The summed E-state index contributed by atoms with van der Waals surface area (Å²) in [5, 5.41) is 38.9. The summed E-state index contributed by atoms with van der Waals surface area (Å²) in [6.07, 6.45) is 0.288. The maximum absolute atomic E-state index is 10.2. The molecule has 2 bridgehead atoms. The van der Waals surface area contributed by atoms with Crippen LogP contribution in [0.3, 0.4) is 0 Å². The zero-order chi connectivity index (χ0) is 19.3. The van der Waals surface area contributed by atoms with Gasteiger partial charge in [0.05, 0.1) is 30.4 Å². The standard InChI is InChI=1S/C20H14N4O3/c1-18-15(13-6-3-2-4-7-13)19(10-21,11-22)20(12-23,17(24)27-18)16(26-18)14-8-5-9-25-14/h2-9,15-16,24H,1H3/t15-,16-,18+,20+/m0/s1. The van der Waals surface area contributed by atoms with Crippen LogP contribution in [0.25, 0.3) is 0 Å². The highest BCUT2D eigenvalue weighted by Gasteiger charge is 2.80. The van der Waals surface area contributed by atoms with Gasteiger partial charge in [0.2, 0.25) is 11.7 Å². The van der Waals surface area contributed by atoms with Gasteiger partial charge < -0.3 is 13.9 Å². The SMILES string of the molecule is C[C@]12OC(=N)[C@@](C#N)([C@H](c3ccco3)O1)C(C#N)(C#N)[C@H]2c1ccccc1. The predicted octanol–water partition coefficient (Wildman–Crippen LogP) is 3.40. The Labute approximate surface area is 155 Å². The molecule has 27 heavy (non-hydrogen) atoms. The highest BCUT2D eigenvalue weighted by Crippen LogP contribution is 2.69. The van der Waals surface area contributed by atoms with Crippen molar-refractivity contribution in [3.05, 3.63) is 60.1 Å². The minimum Gasteiger partial charge on any atom is -0.467 e. The van der Waals surface area contributed by atoms with Crippen LogP contribution in [0.1, 0.15) is 30.3 Å². The summed E-state index contributed by atoms with van der Waals surface area (Å²) in [6, 6.07) is 18.2. The van der Waals surface area contributed by atoms with Gasteiger partial charge >= 0.3 is 0 Å². The summed E-state index contributed by atoms with van der Waals surface area (Å²) in [5.74, 6) is -2.60. The fourth-order valence-corrected chi connectivity index (χ4v) is 4.32. The minimum atomic E-state index is -1.98. The molecule has 1 aromatic heterocycles. The van der Waals surface area contributed by atoms with E-state index in [2.05, 4.69) is 12.1 Å². The molecule has 3 fully saturated rings. The maximum atomic E-state index is 10.2. The van der Waals surface area contributed by atoms with E-state index in [4.69, 9.17) is 19.3 Å². The Morgan fingerprint density at radius 1 is 1.00 bits per heavy atom. The molecule has 7 nitrogen and oxygen atoms in total. The van der Waals surface area contributed by atoms with Gasteiger partial charge in [-0.05, 0) is 17.7 Å². The van der Waals surface area contributed by atoms with E-state index in [-0.39, 0.29) is 5.76 Å². The molecule has 1 aromatic carbocycles. The van der Waals surface area contributed by atoms with E-state index < -0.39 is 34.5 Å². The highest BCUT2D eigenvalue weighted by atomic mass is 16.7. The molecule has 3 saturated heterocycles. The molecule has 0 spiro atoms. The number of rotatable bonds is 2. The Morgan fingerprint density at radius 2 is 1.70 bits per heavy atom. The molecule has 1 N–H and O–H groups in total.